The summed E-state index contributed by atoms with van der Waals surface area (Å²) in [6, 6.07) is 21.0. The molecule has 0 unspecified atom stereocenters. The lowest BCUT2D eigenvalue weighted by Gasteiger charge is -2.09. The summed E-state index contributed by atoms with van der Waals surface area (Å²) in [5.41, 5.74) is 4.18. The van der Waals surface area contributed by atoms with Gasteiger partial charge in [0.1, 0.15) is 18.2 Å². The van der Waals surface area contributed by atoms with Gasteiger partial charge in [-0.05, 0) is 48.0 Å². The Morgan fingerprint density at radius 2 is 1.77 bits per heavy atom. The number of halogens is 2. The van der Waals surface area contributed by atoms with Gasteiger partial charge < -0.3 is 4.74 Å². The van der Waals surface area contributed by atoms with Crippen LogP contribution in [-0.4, -0.2) is 11.0 Å². The first kappa shape index (κ1) is 17.9. The van der Waals surface area contributed by atoms with Crippen LogP contribution in [0.2, 0.25) is 5.02 Å². The predicted molar refractivity (Wildman–Crippen MR) is 99.7 cm³/mol. The Morgan fingerprint density at radius 3 is 2.42 bits per heavy atom. The van der Waals surface area contributed by atoms with Crippen LogP contribution in [-0.2, 0) is 6.61 Å². The van der Waals surface area contributed by atoms with Gasteiger partial charge in [-0.25, -0.2) is 9.38 Å². The third-order valence-corrected chi connectivity index (χ3v) is 3.92. The molecule has 4 nitrogen and oxygen atoms in total. The first-order chi connectivity index (χ1) is 12.7. The molecule has 3 aromatic carbocycles. The van der Waals surface area contributed by atoms with Crippen molar-refractivity contribution < 1.29 is 14.3 Å². The van der Waals surface area contributed by atoms with Crippen molar-refractivity contribution in [1.29, 1.82) is 0 Å². The minimum Gasteiger partial charge on any atom is -0.489 e. The topological polar surface area (TPSA) is 53.8 Å². The molecule has 3 rings (SSSR count). The van der Waals surface area contributed by atoms with Crippen LogP contribution in [0, 0.1) is 5.82 Å². The Labute approximate surface area is 155 Å². The summed E-state index contributed by atoms with van der Waals surface area (Å²) >= 11 is 5.75. The van der Waals surface area contributed by atoms with Crippen molar-refractivity contribution >= 4 is 23.1 Å². The van der Waals surface area contributed by atoms with E-state index >= 15 is 0 Å². The molecule has 0 spiro atoms. The highest BCUT2D eigenvalue weighted by Crippen LogP contribution is 2.22. The third-order valence-electron chi connectivity index (χ3n) is 3.63. The zero-order chi connectivity index (χ0) is 18.4. The van der Waals surface area contributed by atoms with Crippen LogP contribution in [0.4, 0.5) is 10.1 Å². The van der Waals surface area contributed by atoms with Crippen LogP contribution in [0.5, 0.6) is 5.75 Å². The number of aliphatic imine (C=N–C) groups is 1. The van der Waals surface area contributed by atoms with E-state index in [4.69, 9.17) is 16.3 Å². The van der Waals surface area contributed by atoms with E-state index in [-0.39, 0.29) is 10.9 Å². The van der Waals surface area contributed by atoms with Gasteiger partial charge in [0.2, 0.25) is 0 Å². The Bertz CT molecular complexity index is 899. The van der Waals surface area contributed by atoms with E-state index in [1.807, 2.05) is 30.3 Å². The third kappa shape index (κ3) is 4.59. The zero-order valence-electron chi connectivity index (χ0n) is 13.7. The van der Waals surface area contributed by atoms with Crippen LogP contribution in [0.25, 0.3) is 0 Å². The maximum atomic E-state index is 13.2. The lowest BCUT2D eigenvalue weighted by atomic mass is 10.2. The number of amidine groups is 1. The number of hydrogen-bond donors (Lipinski definition) is 2. The number of rotatable bonds is 5. The Kier molecular flexibility index (Phi) is 5.84. The summed E-state index contributed by atoms with van der Waals surface area (Å²) in [5.74, 6) is 0.381. The van der Waals surface area contributed by atoms with Crippen LogP contribution < -0.4 is 10.2 Å². The Morgan fingerprint density at radius 1 is 1.04 bits per heavy atom. The number of hydrogen-bond acceptors (Lipinski definition) is 3. The van der Waals surface area contributed by atoms with Crippen molar-refractivity contribution in [2.75, 3.05) is 0 Å². The molecule has 132 valence electrons. The number of nitrogens with zero attached hydrogens (tertiary/aromatic N) is 1. The van der Waals surface area contributed by atoms with Crippen LogP contribution in [0.15, 0.2) is 77.8 Å². The highest BCUT2D eigenvalue weighted by molar-refractivity contribution is 6.31. The molecule has 0 aliphatic rings. The van der Waals surface area contributed by atoms with Gasteiger partial charge in [0.25, 0.3) is 0 Å². The predicted octanol–water partition coefficient (Wildman–Crippen LogP) is 5.12. The zero-order valence-corrected chi connectivity index (χ0v) is 14.4. The van der Waals surface area contributed by atoms with Gasteiger partial charge in [-0.2, -0.15) is 0 Å². The van der Waals surface area contributed by atoms with E-state index in [0.717, 1.165) is 5.56 Å². The van der Waals surface area contributed by atoms with Crippen molar-refractivity contribution in [3.8, 4) is 5.75 Å². The standard InChI is InChI=1S/C20H16ClFN2O2/c21-18-12-16(8-11-19(18)22)23-20(24-25)15-6-9-17(10-7-15)26-13-14-4-2-1-3-5-14/h1-12,25H,13H2,(H,23,24). The lowest BCUT2D eigenvalue weighted by Crippen LogP contribution is -2.19. The average molecular weight is 371 g/mol. The summed E-state index contributed by atoms with van der Waals surface area (Å²) in [7, 11) is 0. The molecule has 0 aromatic heterocycles. The summed E-state index contributed by atoms with van der Waals surface area (Å²) in [4.78, 5) is 4.24. The summed E-state index contributed by atoms with van der Waals surface area (Å²) in [6.45, 7) is 0.466. The molecule has 0 aliphatic heterocycles. The molecule has 0 bridgehead atoms. The molecule has 6 heteroatoms. The largest absolute Gasteiger partial charge is 0.489 e. The average Bonchev–Trinajstić information content (AvgIpc) is 2.68. The van der Waals surface area contributed by atoms with Gasteiger partial charge in [0.15, 0.2) is 5.84 Å². The molecule has 0 aliphatic carbocycles. The molecule has 0 saturated carbocycles. The molecule has 0 atom stereocenters. The number of nitrogens with one attached hydrogen (secondary N) is 1. The molecule has 0 radical (unpaired) electrons. The van der Waals surface area contributed by atoms with Crippen molar-refractivity contribution in [1.82, 2.24) is 5.48 Å². The molecule has 26 heavy (non-hydrogen) atoms. The van der Waals surface area contributed by atoms with Crippen LogP contribution in [0.1, 0.15) is 11.1 Å². The summed E-state index contributed by atoms with van der Waals surface area (Å²) in [5, 5.41) is 9.33. The van der Waals surface area contributed by atoms with E-state index in [9.17, 15) is 9.60 Å². The second kappa shape index (κ2) is 8.47. The summed E-state index contributed by atoms with van der Waals surface area (Å²) in [6.07, 6.45) is 0. The van der Waals surface area contributed by atoms with E-state index in [2.05, 4.69) is 10.5 Å². The SMILES string of the molecule is ONC(=Nc1ccc(F)c(Cl)c1)c1ccc(OCc2ccccc2)cc1. The van der Waals surface area contributed by atoms with Crippen LogP contribution in [0.3, 0.4) is 0 Å². The van der Waals surface area contributed by atoms with Gasteiger partial charge >= 0.3 is 0 Å². The van der Waals surface area contributed by atoms with Gasteiger partial charge in [-0.1, -0.05) is 41.9 Å². The lowest BCUT2D eigenvalue weighted by molar-refractivity contribution is 0.235. The molecule has 2 N–H and O–H groups in total. The maximum absolute atomic E-state index is 13.2. The van der Waals surface area contributed by atoms with Gasteiger partial charge in [0, 0.05) is 5.56 Å². The molecule has 0 amide bonds. The minimum atomic E-state index is -0.524. The normalized spacial score (nSPS) is 11.3. The first-order valence-electron chi connectivity index (χ1n) is 7.87. The fourth-order valence-electron chi connectivity index (χ4n) is 2.29. The Balaban J connectivity index is 1.73. The fraction of sp³-hybridized carbons (Fsp3) is 0.0500. The van der Waals surface area contributed by atoms with Gasteiger partial charge in [-0.3, -0.25) is 10.7 Å². The fourth-order valence-corrected chi connectivity index (χ4v) is 2.46. The van der Waals surface area contributed by atoms with E-state index < -0.39 is 5.82 Å². The summed E-state index contributed by atoms with van der Waals surface area (Å²) < 4.78 is 18.9. The van der Waals surface area contributed by atoms with Gasteiger partial charge in [0.05, 0.1) is 10.7 Å². The smallest absolute Gasteiger partial charge is 0.157 e. The monoisotopic (exact) mass is 370 g/mol. The minimum absolute atomic E-state index is 0.0341. The second-order valence-corrected chi connectivity index (χ2v) is 5.88. The maximum Gasteiger partial charge on any atom is 0.157 e. The van der Waals surface area contributed by atoms with E-state index in [1.165, 1.54) is 18.2 Å². The second-order valence-electron chi connectivity index (χ2n) is 5.47. The number of ether oxygens (including phenoxy) is 1. The van der Waals surface area contributed by atoms with Crippen molar-refractivity contribution in [3.05, 3.63) is 94.8 Å². The first-order valence-corrected chi connectivity index (χ1v) is 8.24. The van der Waals surface area contributed by atoms with Crippen molar-refractivity contribution in [2.45, 2.75) is 6.61 Å². The molecule has 0 heterocycles. The molecule has 0 fully saturated rings. The van der Waals surface area contributed by atoms with Crippen LogP contribution >= 0.6 is 11.6 Å². The molecular weight excluding hydrogens is 355 g/mol. The molecule has 0 saturated heterocycles. The molecular formula is C20H16ClFN2O2. The van der Waals surface area contributed by atoms with E-state index in [1.54, 1.807) is 24.3 Å². The number of hydroxylamine groups is 1. The highest BCUT2D eigenvalue weighted by Gasteiger charge is 2.06. The highest BCUT2D eigenvalue weighted by atomic mass is 35.5. The number of benzene rings is 3. The van der Waals surface area contributed by atoms with Crippen molar-refractivity contribution in [2.24, 2.45) is 4.99 Å². The Hall–Kier alpha value is -2.89. The van der Waals surface area contributed by atoms with Crippen molar-refractivity contribution in [3.63, 3.8) is 0 Å². The molecule has 3 aromatic rings. The quantitative estimate of drug-likeness (QED) is 0.372. The van der Waals surface area contributed by atoms with Gasteiger partial charge in [-0.15, -0.1) is 0 Å². The van der Waals surface area contributed by atoms with E-state index in [0.29, 0.717) is 23.6 Å².